The third-order valence-electron chi connectivity index (χ3n) is 3.96. The first-order valence-electron chi connectivity index (χ1n) is 8.89. The summed E-state index contributed by atoms with van der Waals surface area (Å²) in [6.07, 6.45) is 5.72. The van der Waals surface area contributed by atoms with Crippen molar-refractivity contribution in [3.05, 3.63) is 47.3 Å². The maximum atomic E-state index is 9.76. The molecule has 10 nitrogen and oxygen atoms in total. The van der Waals surface area contributed by atoms with Gasteiger partial charge in [0.1, 0.15) is 0 Å². The summed E-state index contributed by atoms with van der Waals surface area (Å²) in [7, 11) is 0. The molecule has 0 aromatic carbocycles. The molecule has 0 bridgehead atoms. The molecule has 1 unspecified atom stereocenters. The van der Waals surface area contributed by atoms with E-state index in [1.54, 1.807) is 35.2 Å². The van der Waals surface area contributed by atoms with Crippen molar-refractivity contribution >= 4 is 40.6 Å². The predicted molar refractivity (Wildman–Crippen MR) is 112 cm³/mol. The molecule has 0 aliphatic rings. The quantitative estimate of drug-likeness (QED) is 0.295. The van der Waals surface area contributed by atoms with Crippen LogP contribution in [0.5, 0.6) is 11.5 Å². The van der Waals surface area contributed by atoms with Gasteiger partial charge in [0.2, 0.25) is 0 Å². The molecule has 4 heterocycles. The van der Waals surface area contributed by atoms with Gasteiger partial charge in [0.25, 0.3) is 0 Å². The second kappa shape index (κ2) is 9.49. The van der Waals surface area contributed by atoms with Gasteiger partial charge < -0.3 is 0 Å². The SMILES string of the molecule is OCCSc1cnc(/N=c2/[nH]c(C(O)CO)bs2)c(Oc2cccn3cnnc23)c1. The molecule has 0 aliphatic carbocycles. The monoisotopic (exact) mass is 444 g/mol. The van der Waals surface area contributed by atoms with Crippen LogP contribution in [0.15, 0.2) is 46.8 Å². The molecule has 0 spiro atoms. The van der Waals surface area contributed by atoms with Crippen LogP contribution in [-0.4, -0.2) is 65.0 Å². The Balaban J connectivity index is 1.73. The Hall–Kier alpha value is -2.58. The second-order valence-electron chi connectivity index (χ2n) is 6.03. The van der Waals surface area contributed by atoms with E-state index in [1.807, 2.05) is 12.3 Å². The number of fused-ring (bicyclic) bond motifs is 1. The number of hydrogen-bond acceptors (Lipinski definition) is 10. The van der Waals surface area contributed by atoms with Gasteiger partial charge in [0, 0.05) is 0 Å². The average molecular weight is 444 g/mol. The number of ether oxygens (including phenoxy) is 1. The van der Waals surface area contributed by atoms with E-state index in [-0.39, 0.29) is 6.61 Å². The van der Waals surface area contributed by atoms with Crippen molar-refractivity contribution in [2.24, 2.45) is 4.99 Å². The van der Waals surface area contributed by atoms with E-state index in [4.69, 9.17) is 14.9 Å². The van der Waals surface area contributed by atoms with Gasteiger partial charge in [-0.3, -0.25) is 0 Å². The van der Waals surface area contributed by atoms with Crippen LogP contribution in [0.4, 0.5) is 5.82 Å². The normalized spacial score (nSPS) is 13.0. The van der Waals surface area contributed by atoms with Crippen LogP contribution in [0.2, 0.25) is 0 Å². The van der Waals surface area contributed by atoms with E-state index < -0.39 is 12.7 Å². The number of nitrogens with zero attached hydrogens (tertiary/aromatic N) is 5. The van der Waals surface area contributed by atoms with Gasteiger partial charge in [-0.2, -0.15) is 0 Å². The Morgan fingerprint density at radius 3 is 3.10 bits per heavy atom. The van der Waals surface area contributed by atoms with E-state index in [1.165, 1.54) is 22.9 Å². The fourth-order valence-electron chi connectivity index (χ4n) is 2.56. The predicted octanol–water partition coefficient (Wildman–Crippen LogP) is 0.987. The van der Waals surface area contributed by atoms with Gasteiger partial charge in [-0.05, 0) is 0 Å². The molecule has 4 N–H and O–H groups in total. The van der Waals surface area contributed by atoms with Crippen LogP contribution in [0.1, 0.15) is 11.7 Å². The van der Waals surface area contributed by atoms with Gasteiger partial charge >= 0.3 is 179 Å². The number of pyridine rings is 2. The maximum absolute atomic E-state index is 9.76. The van der Waals surface area contributed by atoms with Gasteiger partial charge in [0.15, 0.2) is 0 Å². The third-order valence-corrected chi connectivity index (χ3v) is 5.70. The first kappa shape index (κ1) is 20.7. The van der Waals surface area contributed by atoms with Crippen molar-refractivity contribution in [2.45, 2.75) is 11.0 Å². The molecule has 13 heteroatoms. The van der Waals surface area contributed by atoms with Crippen LogP contribution in [0.3, 0.4) is 0 Å². The number of nitrogens with one attached hydrogen (secondary N) is 1. The van der Waals surface area contributed by atoms with Crippen LogP contribution in [0.25, 0.3) is 5.65 Å². The number of aromatic nitrogens is 5. The molecular formula is C17H17BN6O4S2. The number of thioether (sulfide) groups is 1. The Labute approximate surface area is 179 Å². The minimum atomic E-state index is -1.00. The van der Waals surface area contributed by atoms with Crippen molar-refractivity contribution in [1.82, 2.24) is 24.6 Å². The summed E-state index contributed by atoms with van der Waals surface area (Å²) in [5, 5.41) is 35.9. The Bertz CT molecular complexity index is 1210. The van der Waals surface area contributed by atoms with Crippen LogP contribution >= 0.6 is 22.9 Å². The minimum absolute atomic E-state index is 0.0478. The summed E-state index contributed by atoms with van der Waals surface area (Å²) in [4.78, 5) is 13.2. The van der Waals surface area contributed by atoms with Gasteiger partial charge in [-0.1, -0.05) is 0 Å². The molecule has 0 amide bonds. The average Bonchev–Trinajstić information content (AvgIpc) is 3.43. The van der Waals surface area contributed by atoms with E-state index >= 15 is 0 Å². The molecule has 0 radical (unpaired) electrons. The summed E-state index contributed by atoms with van der Waals surface area (Å²) in [6.45, 7) is -0.343. The summed E-state index contributed by atoms with van der Waals surface area (Å²) >= 11 is 2.71. The number of hydrogen-bond donors (Lipinski definition) is 4. The molecule has 0 saturated heterocycles. The molecule has 4 aromatic rings. The fourth-order valence-corrected chi connectivity index (χ4v) is 3.97. The van der Waals surface area contributed by atoms with E-state index in [2.05, 4.69) is 25.2 Å². The van der Waals surface area contributed by atoms with E-state index in [0.29, 0.717) is 39.1 Å². The standard InChI is InChI=1S/C17H17BN6O4S2/c25-4-5-29-10-6-13(28-12-2-1-3-24-9-20-23-16(12)24)15(19-7-10)22-17-21-14(18-30-17)11(27)8-26/h1-3,6-7,9,11,25-27H,4-5,8H2,(H,19,21,22). The first-order valence-corrected chi connectivity index (χ1v) is 10.8. The van der Waals surface area contributed by atoms with E-state index in [9.17, 15) is 5.11 Å². The van der Waals surface area contributed by atoms with Gasteiger partial charge in [-0.25, -0.2) is 0 Å². The molecular weight excluding hydrogens is 427 g/mol. The summed E-state index contributed by atoms with van der Waals surface area (Å²) in [5.74, 6) is 1.75. The zero-order valence-electron chi connectivity index (χ0n) is 15.5. The van der Waals surface area contributed by atoms with Crippen molar-refractivity contribution in [2.75, 3.05) is 19.0 Å². The third kappa shape index (κ3) is 4.60. The van der Waals surface area contributed by atoms with E-state index in [0.717, 1.165) is 4.90 Å². The van der Waals surface area contributed by atoms with Crippen LogP contribution in [-0.2, 0) is 0 Å². The molecule has 30 heavy (non-hydrogen) atoms. The second-order valence-corrected chi connectivity index (χ2v) is 8.06. The number of H-pyrrole nitrogens is 1. The van der Waals surface area contributed by atoms with Crippen molar-refractivity contribution in [3.8, 4) is 11.5 Å². The molecule has 4 rings (SSSR count). The Kier molecular flexibility index (Phi) is 6.54. The fraction of sp³-hybridized carbons (Fsp3) is 0.235. The zero-order valence-corrected chi connectivity index (χ0v) is 17.2. The van der Waals surface area contributed by atoms with Crippen LogP contribution in [0, 0.1) is 0 Å². The molecule has 4 aromatic heterocycles. The number of aliphatic hydroxyl groups is 3. The zero-order chi connectivity index (χ0) is 20.9. The summed E-state index contributed by atoms with van der Waals surface area (Å²) in [5.41, 5.74) is 1.01. The number of aliphatic hydroxyl groups excluding tert-OH is 3. The van der Waals surface area contributed by atoms with Gasteiger partial charge in [0.05, 0.1) is 0 Å². The molecule has 0 aliphatic heterocycles. The summed E-state index contributed by atoms with van der Waals surface area (Å²) in [6, 6.07) is 5.38. The summed E-state index contributed by atoms with van der Waals surface area (Å²) < 4.78 is 7.83. The van der Waals surface area contributed by atoms with Crippen molar-refractivity contribution < 1.29 is 20.1 Å². The Morgan fingerprint density at radius 1 is 1.37 bits per heavy atom. The molecule has 154 valence electrons. The number of rotatable bonds is 8. The topological polar surface area (TPSA) is 141 Å². The van der Waals surface area contributed by atoms with Crippen molar-refractivity contribution in [3.63, 3.8) is 0 Å². The first-order chi connectivity index (χ1) is 14.7. The number of aromatic amines is 1. The van der Waals surface area contributed by atoms with Crippen molar-refractivity contribution in [1.29, 1.82) is 0 Å². The van der Waals surface area contributed by atoms with Gasteiger partial charge in [-0.15, -0.1) is 0 Å². The Morgan fingerprint density at radius 2 is 2.27 bits per heavy atom. The van der Waals surface area contributed by atoms with Crippen LogP contribution < -0.4 is 9.54 Å². The molecule has 0 fully saturated rings. The molecule has 1 atom stereocenters. The molecule has 0 saturated carbocycles.